The lowest BCUT2D eigenvalue weighted by molar-refractivity contribution is -0.121. The van der Waals surface area contributed by atoms with Crippen molar-refractivity contribution in [3.8, 4) is 11.5 Å². The monoisotopic (exact) mass is 476 g/mol. The van der Waals surface area contributed by atoms with Crippen molar-refractivity contribution >= 4 is 21.8 Å². The quantitative estimate of drug-likeness (QED) is 0.528. The van der Waals surface area contributed by atoms with Crippen LogP contribution in [0, 0.1) is 0 Å². The van der Waals surface area contributed by atoms with Crippen LogP contribution in [0.2, 0.25) is 0 Å². The van der Waals surface area contributed by atoms with Gasteiger partial charge in [-0.05, 0) is 52.2 Å². The molecule has 1 amide bonds. The first kappa shape index (κ1) is 22.6. The molecule has 0 bridgehead atoms. The summed E-state index contributed by atoms with van der Waals surface area (Å²) in [5, 5.41) is 3.10. The Bertz CT molecular complexity index is 794. The van der Waals surface area contributed by atoms with Gasteiger partial charge in [0, 0.05) is 26.1 Å². The highest BCUT2D eigenvalue weighted by Gasteiger charge is 2.23. The number of amides is 1. The number of rotatable bonds is 10. The molecule has 1 aliphatic heterocycles. The first-order valence-electron chi connectivity index (χ1n) is 10.3. The van der Waals surface area contributed by atoms with Gasteiger partial charge in [0.2, 0.25) is 5.91 Å². The molecule has 1 unspecified atom stereocenters. The molecule has 30 heavy (non-hydrogen) atoms. The minimum absolute atomic E-state index is 0.0394. The molecule has 3 rings (SSSR count). The lowest BCUT2D eigenvalue weighted by atomic mass is 10.0. The van der Waals surface area contributed by atoms with Gasteiger partial charge in [-0.15, -0.1) is 0 Å². The van der Waals surface area contributed by atoms with Crippen molar-refractivity contribution in [3.63, 3.8) is 0 Å². The minimum Gasteiger partial charge on any atom is -0.497 e. The van der Waals surface area contributed by atoms with Crippen LogP contribution in [0.4, 0.5) is 0 Å². The fourth-order valence-electron chi connectivity index (χ4n) is 3.45. The summed E-state index contributed by atoms with van der Waals surface area (Å²) in [6.07, 6.45) is 1.10. The van der Waals surface area contributed by atoms with E-state index >= 15 is 0 Å². The molecule has 1 fully saturated rings. The number of hydrogen-bond donors (Lipinski definition) is 1. The van der Waals surface area contributed by atoms with E-state index in [4.69, 9.17) is 14.2 Å². The van der Waals surface area contributed by atoms with Crippen LogP contribution in [0.3, 0.4) is 0 Å². The maximum absolute atomic E-state index is 12.4. The van der Waals surface area contributed by atoms with Crippen LogP contribution in [0.25, 0.3) is 0 Å². The Morgan fingerprint density at radius 2 is 1.90 bits per heavy atom. The fraction of sp³-hybridized carbons (Fsp3) is 0.435. The second kappa shape index (κ2) is 11.9. The highest BCUT2D eigenvalue weighted by atomic mass is 79.9. The summed E-state index contributed by atoms with van der Waals surface area (Å²) in [5.41, 5.74) is 1.16. The molecule has 0 radical (unpaired) electrons. The molecule has 0 spiro atoms. The van der Waals surface area contributed by atoms with Crippen LogP contribution in [-0.2, 0) is 9.53 Å². The zero-order chi connectivity index (χ0) is 21.2. The van der Waals surface area contributed by atoms with E-state index in [1.807, 2.05) is 36.4 Å². The van der Waals surface area contributed by atoms with E-state index in [2.05, 4.69) is 38.3 Å². The van der Waals surface area contributed by atoms with E-state index in [0.29, 0.717) is 39.2 Å². The minimum atomic E-state index is 0.0394. The molecule has 0 aromatic heterocycles. The lowest BCUT2D eigenvalue weighted by Gasteiger charge is -2.35. The zero-order valence-electron chi connectivity index (χ0n) is 17.3. The Hall–Kier alpha value is -2.09. The van der Waals surface area contributed by atoms with E-state index in [0.717, 1.165) is 34.6 Å². The van der Waals surface area contributed by atoms with Gasteiger partial charge in [0.25, 0.3) is 0 Å². The Balaban J connectivity index is 1.48. The number of halogens is 1. The Labute approximate surface area is 186 Å². The number of methoxy groups -OCH3 is 1. The Morgan fingerprint density at radius 3 is 2.60 bits per heavy atom. The largest absolute Gasteiger partial charge is 0.497 e. The fourth-order valence-corrected chi connectivity index (χ4v) is 3.85. The summed E-state index contributed by atoms with van der Waals surface area (Å²) in [7, 11) is 1.66. The van der Waals surface area contributed by atoms with Gasteiger partial charge in [0.15, 0.2) is 0 Å². The van der Waals surface area contributed by atoms with Gasteiger partial charge >= 0.3 is 0 Å². The maximum atomic E-state index is 12.4. The SMILES string of the molecule is COc1ccc(C(CNC(=O)CCCOc2ccccc2Br)N2CCOCC2)cc1. The molecule has 2 aromatic rings. The number of benzene rings is 2. The number of ether oxygens (including phenoxy) is 3. The van der Waals surface area contributed by atoms with Crippen LogP contribution < -0.4 is 14.8 Å². The molecule has 7 heteroatoms. The summed E-state index contributed by atoms with van der Waals surface area (Å²) >= 11 is 3.46. The van der Waals surface area contributed by atoms with Gasteiger partial charge in [-0.1, -0.05) is 24.3 Å². The number of carbonyl (C=O) groups excluding carboxylic acids is 1. The average molecular weight is 477 g/mol. The van der Waals surface area contributed by atoms with E-state index in [1.165, 1.54) is 0 Å². The Morgan fingerprint density at radius 1 is 1.17 bits per heavy atom. The first-order valence-corrected chi connectivity index (χ1v) is 11.1. The molecule has 0 aliphatic carbocycles. The third kappa shape index (κ3) is 6.72. The van der Waals surface area contributed by atoms with Crippen LogP contribution in [0.5, 0.6) is 11.5 Å². The summed E-state index contributed by atoms with van der Waals surface area (Å²) in [6, 6.07) is 15.9. The van der Waals surface area contributed by atoms with Crippen molar-refractivity contribution in [2.24, 2.45) is 0 Å². The van der Waals surface area contributed by atoms with E-state index in [1.54, 1.807) is 7.11 Å². The van der Waals surface area contributed by atoms with Crippen LogP contribution in [-0.4, -0.2) is 57.4 Å². The predicted octanol–water partition coefficient (Wildman–Crippen LogP) is 3.81. The van der Waals surface area contributed by atoms with Crippen molar-refractivity contribution in [3.05, 3.63) is 58.6 Å². The summed E-state index contributed by atoms with van der Waals surface area (Å²) < 4.78 is 17.4. The number of nitrogens with zero attached hydrogens (tertiary/aromatic N) is 1. The predicted molar refractivity (Wildman–Crippen MR) is 120 cm³/mol. The highest BCUT2D eigenvalue weighted by molar-refractivity contribution is 9.10. The second-order valence-corrected chi connectivity index (χ2v) is 7.98. The molecular weight excluding hydrogens is 448 g/mol. The van der Waals surface area contributed by atoms with Crippen LogP contribution in [0.1, 0.15) is 24.4 Å². The number of nitrogens with one attached hydrogen (secondary N) is 1. The number of hydrogen-bond acceptors (Lipinski definition) is 5. The molecule has 1 saturated heterocycles. The second-order valence-electron chi connectivity index (χ2n) is 7.12. The standard InChI is InChI=1S/C23H29BrN2O4/c1-28-19-10-8-18(9-11-19)21(26-12-15-29-16-13-26)17-25-23(27)7-4-14-30-22-6-3-2-5-20(22)24/h2-3,5-6,8-11,21H,4,7,12-17H2,1H3,(H,25,27). The van der Waals surface area contributed by atoms with Crippen molar-refractivity contribution in [2.45, 2.75) is 18.9 Å². The van der Waals surface area contributed by atoms with Gasteiger partial charge in [-0.3, -0.25) is 9.69 Å². The van der Waals surface area contributed by atoms with Gasteiger partial charge in [-0.2, -0.15) is 0 Å². The van der Waals surface area contributed by atoms with Gasteiger partial charge in [0.05, 0.1) is 37.4 Å². The van der Waals surface area contributed by atoms with Crippen molar-refractivity contribution in [2.75, 3.05) is 46.6 Å². The summed E-state index contributed by atoms with van der Waals surface area (Å²) in [4.78, 5) is 14.8. The summed E-state index contributed by atoms with van der Waals surface area (Å²) in [5.74, 6) is 1.66. The van der Waals surface area contributed by atoms with E-state index in [-0.39, 0.29) is 11.9 Å². The number of para-hydroxylation sites is 1. The molecule has 1 heterocycles. The topological polar surface area (TPSA) is 60.0 Å². The van der Waals surface area contributed by atoms with Crippen LogP contribution >= 0.6 is 15.9 Å². The van der Waals surface area contributed by atoms with Crippen LogP contribution in [0.15, 0.2) is 53.0 Å². The summed E-state index contributed by atoms with van der Waals surface area (Å²) in [6.45, 7) is 4.20. The third-order valence-corrected chi connectivity index (χ3v) is 5.78. The molecule has 6 nitrogen and oxygen atoms in total. The highest BCUT2D eigenvalue weighted by Crippen LogP contribution is 2.25. The number of morpholine rings is 1. The van der Waals surface area contributed by atoms with Gasteiger partial charge < -0.3 is 19.5 Å². The zero-order valence-corrected chi connectivity index (χ0v) is 18.9. The molecule has 162 valence electrons. The Kier molecular flexibility index (Phi) is 8.99. The molecule has 1 N–H and O–H groups in total. The number of carbonyl (C=O) groups is 1. The molecular formula is C23H29BrN2O4. The first-order chi connectivity index (χ1) is 14.7. The average Bonchev–Trinajstić information content (AvgIpc) is 2.79. The third-order valence-electron chi connectivity index (χ3n) is 5.12. The molecule has 2 aromatic carbocycles. The smallest absolute Gasteiger partial charge is 0.220 e. The van der Waals surface area contributed by atoms with E-state index < -0.39 is 0 Å². The molecule has 1 aliphatic rings. The van der Waals surface area contributed by atoms with Crippen molar-refractivity contribution in [1.82, 2.24) is 10.2 Å². The van der Waals surface area contributed by atoms with Gasteiger partial charge in [-0.25, -0.2) is 0 Å². The van der Waals surface area contributed by atoms with Crippen molar-refractivity contribution < 1.29 is 19.0 Å². The van der Waals surface area contributed by atoms with E-state index in [9.17, 15) is 4.79 Å². The van der Waals surface area contributed by atoms with Crippen molar-refractivity contribution in [1.29, 1.82) is 0 Å². The van der Waals surface area contributed by atoms with Gasteiger partial charge in [0.1, 0.15) is 11.5 Å². The molecule has 0 saturated carbocycles. The maximum Gasteiger partial charge on any atom is 0.220 e. The lowest BCUT2D eigenvalue weighted by Crippen LogP contribution is -2.43. The molecule has 1 atom stereocenters. The normalized spacial score (nSPS) is 15.4.